The topological polar surface area (TPSA) is 55.3 Å². The van der Waals surface area contributed by atoms with Gasteiger partial charge in [-0.2, -0.15) is 0 Å². The molecule has 3 rings (SSSR count). The van der Waals surface area contributed by atoms with E-state index in [4.69, 9.17) is 10.2 Å². The molecule has 0 spiro atoms. The molecule has 0 aliphatic rings. The van der Waals surface area contributed by atoms with Gasteiger partial charge in [-0.1, -0.05) is 30.3 Å². The number of hydrogen-bond donors (Lipinski definition) is 1. The first-order chi connectivity index (χ1) is 11.7. The van der Waals surface area contributed by atoms with Crippen molar-refractivity contribution in [3.05, 3.63) is 78.1 Å². The SMILES string of the molecule is NCCN(Cc1ccccc1)Cc1ncc(-c2ccc(F)cc2)o1. The highest BCUT2D eigenvalue weighted by Gasteiger charge is 2.12. The Hall–Kier alpha value is -2.50. The van der Waals surface area contributed by atoms with Gasteiger partial charge in [-0.25, -0.2) is 9.37 Å². The molecule has 0 saturated heterocycles. The normalized spacial score (nSPS) is 11.1. The zero-order valence-electron chi connectivity index (χ0n) is 13.4. The van der Waals surface area contributed by atoms with E-state index in [1.54, 1.807) is 18.3 Å². The van der Waals surface area contributed by atoms with E-state index in [1.165, 1.54) is 17.7 Å². The van der Waals surface area contributed by atoms with Crippen LogP contribution in [-0.4, -0.2) is 23.0 Å². The fraction of sp³-hybridized carbons (Fsp3) is 0.211. The number of halogens is 1. The van der Waals surface area contributed by atoms with E-state index in [1.807, 2.05) is 18.2 Å². The first kappa shape index (κ1) is 16.4. The summed E-state index contributed by atoms with van der Waals surface area (Å²) in [4.78, 5) is 6.53. The number of nitrogens with zero attached hydrogens (tertiary/aromatic N) is 2. The third-order valence-electron chi connectivity index (χ3n) is 3.74. The van der Waals surface area contributed by atoms with Gasteiger partial charge >= 0.3 is 0 Å². The number of rotatable bonds is 7. The Bertz CT molecular complexity index is 756. The van der Waals surface area contributed by atoms with Crippen molar-refractivity contribution >= 4 is 0 Å². The van der Waals surface area contributed by atoms with Gasteiger partial charge in [0.25, 0.3) is 0 Å². The van der Waals surface area contributed by atoms with Crippen molar-refractivity contribution in [2.75, 3.05) is 13.1 Å². The fourth-order valence-electron chi connectivity index (χ4n) is 2.56. The van der Waals surface area contributed by atoms with E-state index in [9.17, 15) is 4.39 Å². The van der Waals surface area contributed by atoms with Crippen LogP contribution in [0, 0.1) is 5.82 Å². The predicted molar refractivity (Wildman–Crippen MR) is 91.5 cm³/mol. The summed E-state index contributed by atoms with van der Waals surface area (Å²) in [5.41, 5.74) is 7.75. The molecular formula is C19H20FN3O. The molecule has 5 heteroatoms. The zero-order chi connectivity index (χ0) is 16.8. The monoisotopic (exact) mass is 325 g/mol. The lowest BCUT2D eigenvalue weighted by Crippen LogP contribution is -2.28. The Balaban J connectivity index is 1.70. The molecule has 0 amide bonds. The van der Waals surface area contributed by atoms with Gasteiger partial charge in [0.2, 0.25) is 5.89 Å². The number of oxazole rings is 1. The van der Waals surface area contributed by atoms with Gasteiger partial charge in [0.15, 0.2) is 5.76 Å². The van der Waals surface area contributed by atoms with Crippen LogP contribution in [-0.2, 0) is 13.1 Å². The van der Waals surface area contributed by atoms with Crippen LogP contribution in [0.5, 0.6) is 0 Å². The molecule has 3 aromatic rings. The molecular weight excluding hydrogens is 305 g/mol. The van der Waals surface area contributed by atoms with Gasteiger partial charge in [-0.15, -0.1) is 0 Å². The van der Waals surface area contributed by atoms with Crippen molar-refractivity contribution in [1.82, 2.24) is 9.88 Å². The first-order valence-corrected chi connectivity index (χ1v) is 7.91. The third kappa shape index (κ3) is 4.28. The zero-order valence-corrected chi connectivity index (χ0v) is 13.4. The summed E-state index contributed by atoms with van der Waals surface area (Å²) < 4.78 is 18.8. The van der Waals surface area contributed by atoms with Crippen LogP contribution in [0.3, 0.4) is 0 Å². The quantitative estimate of drug-likeness (QED) is 0.723. The highest BCUT2D eigenvalue weighted by Crippen LogP contribution is 2.21. The second kappa shape index (κ2) is 7.86. The van der Waals surface area contributed by atoms with Crippen molar-refractivity contribution in [2.45, 2.75) is 13.1 Å². The predicted octanol–water partition coefficient (Wildman–Crippen LogP) is 3.44. The first-order valence-electron chi connectivity index (χ1n) is 7.91. The summed E-state index contributed by atoms with van der Waals surface area (Å²) in [5, 5.41) is 0. The number of aromatic nitrogens is 1. The summed E-state index contributed by atoms with van der Waals surface area (Å²) in [6.45, 7) is 2.68. The summed E-state index contributed by atoms with van der Waals surface area (Å²) in [6.07, 6.45) is 1.67. The average molecular weight is 325 g/mol. The Labute approximate surface area is 140 Å². The van der Waals surface area contributed by atoms with E-state index in [2.05, 4.69) is 22.0 Å². The number of benzene rings is 2. The van der Waals surface area contributed by atoms with Gasteiger partial charge in [-0.3, -0.25) is 4.90 Å². The van der Waals surface area contributed by atoms with E-state index in [0.29, 0.717) is 24.7 Å². The minimum absolute atomic E-state index is 0.268. The summed E-state index contributed by atoms with van der Waals surface area (Å²) in [7, 11) is 0. The van der Waals surface area contributed by atoms with Crippen molar-refractivity contribution < 1.29 is 8.81 Å². The minimum Gasteiger partial charge on any atom is -0.439 e. The molecule has 0 unspecified atom stereocenters. The van der Waals surface area contributed by atoms with Crippen molar-refractivity contribution in [3.63, 3.8) is 0 Å². The van der Waals surface area contributed by atoms with E-state index in [0.717, 1.165) is 18.7 Å². The van der Waals surface area contributed by atoms with Crippen LogP contribution in [0.2, 0.25) is 0 Å². The van der Waals surface area contributed by atoms with Crippen molar-refractivity contribution in [1.29, 1.82) is 0 Å². The number of nitrogens with two attached hydrogens (primary N) is 1. The molecule has 0 saturated carbocycles. The van der Waals surface area contributed by atoms with Gasteiger partial charge in [-0.05, 0) is 29.8 Å². The van der Waals surface area contributed by atoms with Crippen LogP contribution in [0.25, 0.3) is 11.3 Å². The molecule has 24 heavy (non-hydrogen) atoms. The molecule has 1 heterocycles. The smallest absolute Gasteiger partial charge is 0.209 e. The van der Waals surface area contributed by atoms with Crippen molar-refractivity contribution in [3.8, 4) is 11.3 Å². The van der Waals surface area contributed by atoms with E-state index in [-0.39, 0.29) is 5.82 Å². The average Bonchev–Trinajstić information content (AvgIpc) is 3.05. The fourth-order valence-corrected chi connectivity index (χ4v) is 2.56. The molecule has 0 aliphatic heterocycles. The van der Waals surface area contributed by atoms with Gasteiger partial charge < -0.3 is 10.2 Å². The maximum Gasteiger partial charge on any atom is 0.209 e. The molecule has 0 radical (unpaired) electrons. The van der Waals surface area contributed by atoms with Gasteiger partial charge in [0.1, 0.15) is 5.82 Å². The summed E-state index contributed by atoms with van der Waals surface area (Å²) >= 11 is 0. The van der Waals surface area contributed by atoms with Crippen LogP contribution in [0.4, 0.5) is 4.39 Å². The van der Waals surface area contributed by atoms with Crippen LogP contribution in [0.15, 0.2) is 65.2 Å². The second-order valence-electron chi connectivity index (χ2n) is 5.61. The van der Waals surface area contributed by atoms with Crippen molar-refractivity contribution in [2.24, 2.45) is 5.73 Å². The molecule has 2 N–H and O–H groups in total. The lowest BCUT2D eigenvalue weighted by Gasteiger charge is -2.19. The summed E-state index contributed by atoms with van der Waals surface area (Å²) in [6, 6.07) is 16.4. The molecule has 2 aromatic carbocycles. The molecule has 0 fully saturated rings. The second-order valence-corrected chi connectivity index (χ2v) is 5.61. The molecule has 1 aromatic heterocycles. The Morgan fingerprint density at radius 2 is 1.75 bits per heavy atom. The van der Waals surface area contributed by atoms with Crippen LogP contribution < -0.4 is 5.73 Å². The van der Waals surface area contributed by atoms with E-state index < -0.39 is 0 Å². The maximum absolute atomic E-state index is 13.0. The lowest BCUT2D eigenvalue weighted by molar-refractivity contribution is 0.238. The molecule has 0 atom stereocenters. The van der Waals surface area contributed by atoms with Gasteiger partial charge in [0, 0.05) is 25.2 Å². The standard InChI is InChI=1S/C19H20FN3O/c20-17-8-6-16(7-9-17)18-12-22-19(24-18)14-23(11-10-21)13-15-4-2-1-3-5-15/h1-9,12H,10-11,13-14,21H2. The number of hydrogen-bond acceptors (Lipinski definition) is 4. The minimum atomic E-state index is -0.268. The Morgan fingerprint density at radius 1 is 1.00 bits per heavy atom. The third-order valence-corrected chi connectivity index (χ3v) is 3.74. The summed E-state index contributed by atoms with van der Waals surface area (Å²) in [5.74, 6) is 0.992. The van der Waals surface area contributed by atoms with Crippen LogP contribution in [0.1, 0.15) is 11.5 Å². The molecule has 4 nitrogen and oxygen atoms in total. The van der Waals surface area contributed by atoms with Gasteiger partial charge in [0.05, 0.1) is 12.7 Å². The Kier molecular flexibility index (Phi) is 5.36. The lowest BCUT2D eigenvalue weighted by atomic mass is 10.2. The molecule has 0 bridgehead atoms. The molecule has 124 valence electrons. The maximum atomic E-state index is 13.0. The Morgan fingerprint density at radius 3 is 2.46 bits per heavy atom. The van der Waals surface area contributed by atoms with E-state index >= 15 is 0 Å². The largest absolute Gasteiger partial charge is 0.439 e. The molecule has 0 aliphatic carbocycles. The highest BCUT2D eigenvalue weighted by atomic mass is 19.1. The highest BCUT2D eigenvalue weighted by molar-refractivity contribution is 5.55. The van der Waals surface area contributed by atoms with Crippen LogP contribution >= 0.6 is 0 Å².